The number of hydrogen-bond donors (Lipinski definition) is 1. The molecule has 0 aliphatic rings. The third-order valence-corrected chi connectivity index (χ3v) is 7.16. The van der Waals surface area contributed by atoms with E-state index in [2.05, 4.69) is 5.32 Å². The quantitative estimate of drug-likeness (QED) is 0.399. The zero-order valence-electron chi connectivity index (χ0n) is 20.9. The van der Waals surface area contributed by atoms with Gasteiger partial charge in [0, 0.05) is 25.0 Å². The number of carbonyl (C=O) groups is 2. The number of hydrogen-bond acceptors (Lipinski definition) is 5. The van der Waals surface area contributed by atoms with E-state index in [0.717, 1.165) is 21.7 Å². The first-order chi connectivity index (χ1) is 17.6. The van der Waals surface area contributed by atoms with E-state index in [9.17, 15) is 18.0 Å². The van der Waals surface area contributed by atoms with Crippen molar-refractivity contribution in [3.8, 4) is 5.75 Å². The zero-order valence-corrected chi connectivity index (χ0v) is 22.5. The van der Waals surface area contributed by atoms with Gasteiger partial charge in [-0.3, -0.25) is 13.9 Å². The van der Waals surface area contributed by atoms with E-state index in [-0.39, 0.29) is 24.6 Å². The summed E-state index contributed by atoms with van der Waals surface area (Å²) in [6.45, 7) is -0.445. The number of amides is 2. The molecule has 196 valence electrons. The number of ether oxygens (including phenoxy) is 1. The predicted molar refractivity (Wildman–Crippen MR) is 145 cm³/mol. The van der Waals surface area contributed by atoms with Crippen LogP contribution in [0.25, 0.3) is 0 Å². The number of benzene rings is 3. The molecule has 37 heavy (non-hydrogen) atoms. The Morgan fingerprint density at radius 1 is 0.973 bits per heavy atom. The molecule has 3 rings (SSSR count). The molecule has 10 heteroatoms. The average Bonchev–Trinajstić information content (AvgIpc) is 2.88. The third-order valence-electron chi connectivity index (χ3n) is 5.78. The molecule has 0 radical (unpaired) electrons. The van der Waals surface area contributed by atoms with E-state index < -0.39 is 28.5 Å². The Morgan fingerprint density at radius 3 is 2.27 bits per heavy atom. The van der Waals surface area contributed by atoms with Crippen molar-refractivity contribution < 1.29 is 22.7 Å². The van der Waals surface area contributed by atoms with Crippen molar-refractivity contribution >= 4 is 39.1 Å². The van der Waals surface area contributed by atoms with Gasteiger partial charge in [0.1, 0.15) is 18.3 Å². The molecule has 0 saturated carbocycles. The number of sulfonamides is 1. The standard InChI is InChI=1S/C27H30ClN3O5S/c1-29-27(33)25(16-20-9-5-4-6-10-20)30(18-21-11-7-14-24(15-21)36-2)26(32)19-31(37(3,34)35)23-13-8-12-22(28)17-23/h4-15,17,25H,16,18-19H2,1-3H3,(H,29,33)/t25-/m1/s1. The largest absolute Gasteiger partial charge is 0.497 e. The van der Waals surface area contributed by atoms with Gasteiger partial charge in [-0.2, -0.15) is 0 Å². The summed E-state index contributed by atoms with van der Waals surface area (Å²) in [6, 6.07) is 21.8. The van der Waals surface area contributed by atoms with Crippen molar-refractivity contribution in [2.75, 3.05) is 31.3 Å². The molecule has 0 bridgehead atoms. The molecule has 0 saturated heterocycles. The van der Waals surface area contributed by atoms with Crippen molar-refractivity contribution in [2.45, 2.75) is 19.0 Å². The highest BCUT2D eigenvalue weighted by molar-refractivity contribution is 7.92. The van der Waals surface area contributed by atoms with Gasteiger partial charge in [0.25, 0.3) is 0 Å². The van der Waals surface area contributed by atoms with Crippen LogP contribution in [-0.4, -0.2) is 58.1 Å². The summed E-state index contributed by atoms with van der Waals surface area (Å²) in [5.41, 5.74) is 1.84. The fourth-order valence-electron chi connectivity index (χ4n) is 3.93. The van der Waals surface area contributed by atoms with E-state index in [1.807, 2.05) is 36.4 Å². The van der Waals surface area contributed by atoms with Gasteiger partial charge in [-0.15, -0.1) is 0 Å². The van der Waals surface area contributed by atoms with Crippen molar-refractivity contribution in [3.05, 3.63) is 95.0 Å². The van der Waals surface area contributed by atoms with Crippen LogP contribution in [0, 0.1) is 0 Å². The number of rotatable bonds is 11. The van der Waals surface area contributed by atoms with Crippen LogP contribution in [-0.2, 0) is 32.6 Å². The highest BCUT2D eigenvalue weighted by Gasteiger charge is 2.32. The molecule has 3 aromatic rings. The summed E-state index contributed by atoms with van der Waals surface area (Å²) in [7, 11) is -0.806. The number of likely N-dealkylation sites (N-methyl/N-ethyl adjacent to an activating group) is 1. The maximum absolute atomic E-state index is 13.8. The Kier molecular flexibility index (Phi) is 9.54. The normalized spacial score (nSPS) is 11.9. The summed E-state index contributed by atoms with van der Waals surface area (Å²) < 4.78 is 31.7. The van der Waals surface area contributed by atoms with Gasteiger partial charge in [0.05, 0.1) is 19.1 Å². The monoisotopic (exact) mass is 543 g/mol. The second kappa shape index (κ2) is 12.6. The van der Waals surface area contributed by atoms with Crippen LogP contribution in [0.2, 0.25) is 5.02 Å². The summed E-state index contributed by atoms with van der Waals surface area (Å²) in [6.07, 6.45) is 1.26. The molecule has 1 atom stereocenters. The summed E-state index contributed by atoms with van der Waals surface area (Å²) in [5.74, 6) is -0.312. The third kappa shape index (κ3) is 7.71. The van der Waals surface area contributed by atoms with Crippen LogP contribution >= 0.6 is 11.6 Å². The Hall–Kier alpha value is -3.56. The molecule has 0 spiro atoms. The first kappa shape index (κ1) is 28.0. The van der Waals surface area contributed by atoms with Gasteiger partial charge in [0.15, 0.2) is 0 Å². The smallest absolute Gasteiger partial charge is 0.244 e. The molecule has 0 aliphatic carbocycles. The lowest BCUT2D eigenvalue weighted by molar-refractivity contribution is -0.139. The molecule has 0 heterocycles. The van der Waals surface area contributed by atoms with E-state index >= 15 is 0 Å². The molecule has 2 amide bonds. The highest BCUT2D eigenvalue weighted by Crippen LogP contribution is 2.23. The maximum Gasteiger partial charge on any atom is 0.244 e. The van der Waals surface area contributed by atoms with E-state index in [0.29, 0.717) is 10.8 Å². The minimum atomic E-state index is -3.85. The van der Waals surface area contributed by atoms with Gasteiger partial charge in [-0.25, -0.2) is 8.42 Å². The SMILES string of the molecule is CNC(=O)[C@@H](Cc1ccccc1)N(Cc1cccc(OC)c1)C(=O)CN(c1cccc(Cl)c1)S(C)(=O)=O. The molecule has 1 N–H and O–H groups in total. The first-order valence-electron chi connectivity index (χ1n) is 11.5. The highest BCUT2D eigenvalue weighted by atomic mass is 35.5. The molecule has 0 aromatic heterocycles. The second-order valence-corrected chi connectivity index (χ2v) is 10.8. The van der Waals surface area contributed by atoms with E-state index in [1.54, 1.807) is 43.5 Å². The molecule has 0 unspecified atom stereocenters. The van der Waals surface area contributed by atoms with Crippen molar-refractivity contribution in [1.82, 2.24) is 10.2 Å². The van der Waals surface area contributed by atoms with Crippen molar-refractivity contribution in [3.63, 3.8) is 0 Å². The van der Waals surface area contributed by atoms with Crippen LogP contribution < -0.4 is 14.4 Å². The minimum absolute atomic E-state index is 0.0636. The number of carbonyl (C=O) groups excluding carboxylic acids is 2. The summed E-state index contributed by atoms with van der Waals surface area (Å²) in [5, 5.41) is 2.98. The Bertz CT molecular complexity index is 1330. The van der Waals surface area contributed by atoms with Gasteiger partial charge in [0.2, 0.25) is 21.8 Å². The Labute approximate surface area is 222 Å². The van der Waals surface area contributed by atoms with Gasteiger partial charge < -0.3 is 15.0 Å². The summed E-state index contributed by atoms with van der Waals surface area (Å²) >= 11 is 6.09. The predicted octanol–water partition coefficient (Wildman–Crippen LogP) is 3.50. The van der Waals surface area contributed by atoms with Gasteiger partial charge in [-0.1, -0.05) is 60.1 Å². The lowest BCUT2D eigenvalue weighted by atomic mass is 10.0. The van der Waals surface area contributed by atoms with Crippen LogP contribution in [0.5, 0.6) is 5.75 Å². The molecule has 0 aliphatic heterocycles. The fourth-order valence-corrected chi connectivity index (χ4v) is 4.96. The van der Waals surface area contributed by atoms with Crippen LogP contribution in [0.4, 0.5) is 5.69 Å². The maximum atomic E-state index is 13.8. The van der Waals surface area contributed by atoms with E-state index in [4.69, 9.17) is 16.3 Å². The lowest BCUT2D eigenvalue weighted by Gasteiger charge is -2.33. The minimum Gasteiger partial charge on any atom is -0.497 e. The lowest BCUT2D eigenvalue weighted by Crippen LogP contribution is -2.52. The first-order valence-corrected chi connectivity index (χ1v) is 13.8. The molecular formula is C27H30ClN3O5S. The average molecular weight is 544 g/mol. The van der Waals surface area contributed by atoms with Gasteiger partial charge >= 0.3 is 0 Å². The van der Waals surface area contributed by atoms with Crippen LogP contribution in [0.3, 0.4) is 0 Å². The van der Waals surface area contributed by atoms with Gasteiger partial charge in [-0.05, 0) is 41.5 Å². The Balaban J connectivity index is 2.03. The Morgan fingerprint density at radius 2 is 1.65 bits per heavy atom. The number of halogens is 1. The van der Waals surface area contributed by atoms with Crippen LogP contribution in [0.1, 0.15) is 11.1 Å². The zero-order chi connectivity index (χ0) is 27.0. The summed E-state index contributed by atoms with van der Waals surface area (Å²) in [4.78, 5) is 28.3. The molecule has 8 nitrogen and oxygen atoms in total. The number of methoxy groups -OCH3 is 1. The van der Waals surface area contributed by atoms with Crippen molar-refractivity contribution in [2.24, 2.45) is 0 Å². The molecule has 3 aromatic carbocycles. The van der Waals surface area contributed by atoms with E-state index in [1.165, 1.54) is 18.0 Å². The van der Waals surface area contributed by atoms with Crippen molar-refractivity contribution in [1.29, 1.82) is 0 Å². The number of nitrogens with one attached hydrogen (secondary N) is 1. The number of nitrogens with zero attached hydrogens (tertiary/aromatic N) is 2. The second-order valence-electron chi connectivity index (χ2n) is 8.44. The van der Waals surface area contributed by atoms with Crippen LogP contribution in [0.15, 0.2) is 78.9 Å². The number of anilines is 1. The topological polar surface area (TPSA) is 96.0 Å². The molecular weight excluding hydrogens is 514 g/mol. The fraction of sp³-hybridized carbons (Fsp3) is 0.259. The molecule has 0 fully saturated rings.